The molecule has 0 saturated heterocycles. The van der Waals surface area contributed by atoms with Crippen LogP contribution in [0, 0.1) is 6.92 Å². The number of amides is 1. The average molecular weight is 356 g/mol. The number of anilines is 2. The lowest BCUT2D eigenvalue weighted by atomic mass is 10.1. The zero-order valence-electron chi connectivity index (χ0n) is 14.6. The number of ether oxygens (including phenoxy) is 3. The van der Waals surface area contributed by atoms with Gasteiger partial charge in [0.25, 0.3) is 5.91 Å². The van der Waals surface area contributed by atoms with Crippen molar-refractivity contribution in [3.05, 3.63) is 47.5 Å². The first-order valence-electron chi connectivity index (χ1n) is 8.22. The molecule has 1 aliphatic heterocycles. The Bertz CT molecular complexity index is 850. The summed E-state index contributed by atoms with van der Waals surface area (Å²) < 4.78 is 16.1. The van der Waals surface area contributed by atoms with Crippen molar-refractivity contribution in [1.29, 1.82) is 0 Å². The van der Waals surface area contributed by atoms with E-state index in [4.69, 9.17) is 19.9 Å². The summed E-state index contributed by atoms with van der Waals surface area (Å²) in [5.74, 6) is 0.0900. The molecule has 0 fully saturated rings. The Morgan fingerprint density at radius 1 is 1.15 bits per heavy atom. The molecule has 1 heterocycles. The van der Waals surface area contributed by atoms with Gasteiger partial charge >= 0.3 is 5.97 Å². The number of carbonyl (C=O) groups excluding carboxylic acids is 2. The highest BCUT2D eigenvalue weighted by atomic mass is 16.6. The average Bonchev–Trinajstić information content (AvgIpc) is 2.63. The van der Waals surface area contributed by atoms with Gasteiger partial charge in [0.2, 0.25) is 0 Å². The van der Waals surface area contributed by atoms with Gasteiger partial charge < -0.3 is 25.3 Å². The van der Waals surface area contributed by atoms with Gasteiger partial charge in [0.1, 0.15) is 13.2 Å². The molecular formula is C19H20N2O5. The van der Waals surface area contributed by atoms with Crippen LogP contribution >= 0.6 is 0 Å². The van der Waals surface area contributed by atoms with Crippen LogP contribution in [0.25, 0.3) is 0 Å². The second-order valence-electron chi connectivity index (χ2n) is 5.93. The fraction of sp³-hybridized carbons (Fsp3) is 0.263. The lowest BCUT2D eigenvalue weighted by Crippen LogP contribution is -2.30. The van der Waals surface area contributed by atoms with E-state index >= 15 is 0 Å². The number of hydrogen-bond acceptors (Lipinski definition) is 6. The maximum Gasteiger partial charge on any atom is 0.341 e. The highest BCUT2D eigenvalue weighted by molar-refractivity contribution is 5.99. The Labute approximate surface area is 151 Å². The standard InChI is InChI=1S/C19H20N2O5/c1-11-4-3-5-14(17(11)20)19(23)26-12(2)18(22)21-13-6-7-15-16(10-13)25-9-8-24-15/h3-7,10,12H,8-9,20H2,1-2H3,(H,21,22)/t12-/m1/s1. The summed E-state index contributed by atoms with van der Waals surface area (Å²) in [7, 11) is 0. The molecule has 0 unspecified atom stereocenters. The van der Waals surface area contributed by atoms with Crippen molar-refractivity contribution in [3.8, 4) is 11.5 Å². The molecule has 7 heteroatoms. The van der Waals surface area contributed by atoms with Crippen LogP contribution in [0.1, 0.15) is 22.8 Å². The molecule has 2 aromatic carbocycles. The van der Waals surface area contributed by atoms with E-state index in [1.807, 2.05) is 0 Å². The minimum absolute atomic E-state index is 0.240. The number of fused-ring (bicyclic) bond motifs is 1. The molecule has 0 saturated carbocycles. The summed E-state index contributed by atoms with van der Waals surface area (Å²) >= 11 is 0. The fourth-order valence-electron chi connectivity index (χ4n) is 2.50. The van der Waals surface area contributed by atoms with Gasteiger partial charge in [-0.2, -0.15) is 0 Å². The Balaban J connectivity index is 1.64. The fourth-order valence-corrected chi connectivity index (χ4v) is 2.50. The van der Waals surface area contributed by atoms with Crippen molar-refractivity contribution >= 4 is 23.3 Å². The maximum absolute atomic E-state index is 12.3. The Kier molecular flexibility index (Phi) is 4.97. The number of benzene rings is 2. The van der Waals surface area contributed by atoms with Crippen molar-refractivity contribution in [2.75, 3.05) is 24.3 Å². The first-order chi connectivity index (χ1) is 12.5. The molecule has 1 amide bonds. The van der Waals surface area contributed by atoms with E-state index in [1.54, 1.807) is 43.3 Å². The third-order valence-electron chi connectivity index (χ3n) is 4.01. The number of rotatable bonds is 4. The van der Waals surface area contributed by atoms with Crippen LogP contribution in [0.2, 0.25) is 0 Å². The largest absolute Gasteiger partial charge is 0.486 e. The number of esters is 1. The highest BCUT2D eigenvalue weighted by Gasteiger charge is 2.21. The second kappa shape index (κ2) is 7.35. The van der Waals surface area contributed by atoms with E-state index in [-0.39, 0.29) is 5.56 Å². The van der Waals surface area contributed by atoms with Crippen LogP contribution < -0.4 is 20.5 Å². The molecule has 2 aromatic rings. The number of nitrogens with two attached hydrogens (primary N) is 1. The number of nitrogen functional groups attached to an aromatic ring is 1. The predicted octanol–water partition coefficient (Wildman–Crippen LogP) is 2.53. The van der Waals surface area contributed by atoms with Gasteiger partial charge in [-0.15, -0.1) is 0 Å². The Hall–Kier alpha value is -3.22. The van der Waals surface area contributed by atoms with Gasteiger partial charge in [-0.25, -0.2) is 4.79 Å². The molecule has 0 aliphatic carbocycles. The predicted molar refractivity (Wildman–Crippen MR) is 96.5 cm³/mol. The number of para-hydroxylation sites is 1. The Morgan fingerprint density at radius 2 is 1.88 bits per heavy atom. The maximum atomic E-state index is 12.3. The lowest BCUT2D eigenvalue weighted by Gasteiger charge is -2.19. The van der Waals surface area contributed by atoms with Gasteiger partial charge in [0, 0.05) is 17.4 Å². The van der Waals surface area contributed by atoms with E-state index < -0.39 is 18.0 Å². The number of hydrogen-bond donors (Lipinski definition) is 2. The molecule has 1 aliphatic rings. The second-order valence-corrected chi connectivity index (χ2v) is 5.93. The number of aryl methyl sites for hydroxylation is 1. The van der Waals surface area contributed by atoms with Gasteiger partial charge in [0.15, 0.2) is 17.6 Å². The Morgan fingerprint density at radius 3 is 2.65 bits per heavy atom. The molecule has 7 nitrogen and oxygen atoms in total. The summed E-state index contributed by atoms with van der Waals surface area (Å²) in [6, 6.07) is 10.1. The topological polar surface area (TPSA) is 99.9 Å². The molecule has 136 valence electrons. The summed E-state index contributed by atoms with van der Waals surface area (Å²) in [4.78, 5) is 24.6. The summed E-state index contributed by atoms with van der Waals surface area (Å²) in [5, 5.41) is 2.69. The summed E-state index contributed by atoms with van der Waals surface area (Å²) in [6.45, 7) is 4.24. The molecule has 0 aromatic heterocycles. The van der Waals surface area contributed by atoms with Crippen molar-refractivity contribution < 1.29 is 23.8 Å². The van der Waals surface area contributed by atoms with E-state index in [1.165, 1.54) is 6.92 Å². The minimum atomic E-state index is -0.990. The van der Waals surface area contributed by atoms with Gasteiger partial charge in [-0.05, 0) is 37.6 Å². The van der Waals surface area contributed by atoms with Gasteiger partial charge in [-0.1, -0.05) is 12.1 Å². The van der Waals surface area contributed by atoms with Crippen molar-refractivity contribution in [3.63, 3.8) is 0 Å². The van der Waals surface area contributed by atoms with Crippen LogP contribution in [0.3, 0.4) is 0 Å². The number of carbonyl (C=O) groups is 2. The molecule has 0 spiro atoms. The van der Waals surface area contributed by atoms with Crippen molar-refractivity contribution in [1.82, 2.24) is 0 Å². The van der Waals surface area contributed by atoms with E-state index in [0.717, 1.165) is 5.56 Å². The third-order valence-corrected chi connectivity index (χ3v) is 4.01. The molecule has 1 atom stereocenters. The lowest BCUT2D eigenvalue weighted by molar-refractivity contribution is -0.123. The smallest absolute Gasteiger partial charge is 0.341 e. The van der Waals surface area contributed by atoms with Gasteiger partial charge in [0.05, 0.1) is 5.56 Å². The first-order valence-corrected chi connectivity index (χ1v) is 8.22. The quantitative estimate of drug-likeness (QED) is 0.645. The molecule has 3 rings (SSSR count). The monoisotopic (exact) mass is 356 g/mol. The number of nitrogens with one attached hydrogen (secondary N) is 1. The van der Waals surface area contributed by atoms with E-state index in [0.29, 0.717) is 36.1 Å². The minimum Gasteiger partial charge on any atom is -0.486 e. The zero-order valence-corrected chi connectivity index (χ0v) is 14.6. The molecular weight excluding hydrogens is 336 g/mol. The van der Waals surface area contributed by atoms with Crippen molar-refractivity contribution in [2.24, 2.45) is 0 Å². The van der Waals surface area contributed by atoms with E-state index in [2.05, 4.69) is 5.32 Å². The first kappa shape index (κ1) is 17.6. The molecule has 0 bridgehead atoms. The summed E-state index contributed by atoms with van der Waals surface area (Å²) in [6.07, 6.45) is -0.990. The van der Waals surface area contributed by atoms with Crippen LogP contribution in [0.4, 0.5) is 11.4 Å². The SMILES string of the molecule is Cc1cccc(C(=O)O[C@H](C)C(=O)Nc2ccc3c(c2)OCCO3)c1N. The highest BCUT2D eigenvalue weighted by Crippen LogP contribution is 2.32. The van der Waals surface area contributed by atoms with E-state index in [9.17, 15) is 9.59 Å². The molecule has 0 radical (unpaired) electrons. The normalized spacial score (nSPS) is 13.6. The van der Waals surface area contributed by atoms with Crippen LogP contribution in [0.5, 0.6) is 11.5 Å². The van der Waals surface area contributed by atoms with Crippen molar-refractivity contribution in [2.45, 2.75) is 20.0 Å². The molecule has 3 N–H and O–H groups in total. The zero-order chi connectivity index (χ0) is 18.7. The van der Waals surface area contributed by atoms with Gasteiger partial charge in [-0.3, -0.25) is 4.79 Å². The summed E-state index contributed by atoms with van der Waals surface area (Å²) in [5.41, 5.74) is 7.78. The van der Waals surface area contributed by atoms with Crippen LogP contribution in [-0.4, -0.2) is 31.2 Å². The third kappa shape index (κ3) is 3.72. The van der Waals surface area contributed by atoms with Crippen LogP contribution in [0.15, 0.2) is 36.4 Å². The molecule has 26 heavy (non-hydrogen) atoms. The van der Waals surface area contributed by atoms with Crippen LogP contribution in [-0.2, 0) is 9.53 Å².